The number of carbonyl (C=O) groups excluding carboxylic acids is 2. The maximum Gasteiger partial charge on any atom is 0.246 e. The van der Waals surface area contributed by atoms with Crippen LogP contribution in [0.4, 0.5) is 0 Å². The van der Waals surface area contributed by atoms with E-state index in [0.29, 0.717) is 18.2 Å². The van der Waals surface area contributed by atoms with Gasteiger partial charge in [0.05, 0.1) is 5.88 Å². The summed E-state index contributed by atoms with van der Waals surface area (Å²) in [4.78, 5) is 29.6. The van der Waals surface area contributed by atoms with Gasteiger partial charge in [-0.1, -0.05) is 24.3 Å². The molecule has 0 saturated carbocycles. The van der Waals surface area contributed by atoms with Crippen LogP contribution in [0.25, 0.3) is 0 Å². The lowest BCUT2D eigenvalue weighted by Crippen LogP contribution is -2.48. The van der Waals surface area contributed by atoms with Crippen LogP contribution in [0.2, 0.25) is 0 Å². The van der Waals surface area contributed by atoms with Crippen LogP contribution < -0.4 is 0 Å². The predicted octanol–water partition coefficient (Wildman–Crippen LogP) is 3.10. The number of aryl methyl sites for hydroxylation is 1. The first kappa shape index (κ1) is 17.9. The fourth-order valence-electron chi connectivity index (χ4n) is 4.57. The molecule has 26 heavy (non-hydrogen) atoms. The van der Waals surface area contributed by atoms with Crippen LogP contribution in [0.15, 0.2) is 24.3 Å². The molecular formula is C21H28N2O2S. The van der Waals surface area contributed by atoms with Crippen molar-refractivity contribution in [3.8, 4) is 0 Å². The van der Waals surface area contributed by atoms with Crippen LogP contribution in [0, 0.1) is 5.92 Å². The summed E-state index contributed by atoms with van der Waals surface area (Å²) < 4.78 is 0. The van der Waals surface area contributed by atoms with Crippen LogP contribution in [0.3, 0.4) is 0 Å². The standard InChI is InChI=1S/C21H28N2O2S/c24-20(13-16-6-5-9-17-7-1-2-8-18(17)12-16)23-15-26-14-19(23)21(25)22-10-3-4-11-22/h1-2,7-8,16,19H,3-6,9-15H2/t16?,19-/m0/s1. The molecule has 2 amide bonds. The third-order valence-corrected chi connectivity index (χ3v) is 7.07. The molecule has 0 radical (unpaired) electrons. The van der Waals surface area contributed by atoms with Crippen LogP contribution in [0.1, 0.15) is 43.2 Å². The third-order valence-electron chi connectivity index (χ3n) is 6.05. The van der Waals surface area contributed by atoms with Crippen molar-refractivity contribution in [2.75, 3.05) is 24.7 Å². The number of benzene rings is 1. The highest BCUT2D eigenvalue weighted by molar-refractivity contribution is 7.99. The smallest absolute Gasteiger partial charge is 0.246 e. The van der Waals surface area contributed by atoms with E-state index < -0.39 is 0 Å². The minimum Gasteiger partial charge on any atom is -0.341 e. The Morgan fingerprint density at radius 1 is 1.08 bits per heavy atom. The number of nitrogens with zero attached hydrogens (tertiary/aromatic N) is 2. The topological polar surface area (TPSA) is 40.6 Å². The number of amides is 2. The average molecular weight is 373 g/mol. The van der Waals surface area contributed by atoms with Crippen LogP contribution in [0.5, 0.6) is 0 Å². The van der Waals surface area contributed by atoms with E-state index in [2.05, 4.69) is 24.3 Å². The molecule has 4 rings (SSSR count). The molecule has 3 aliphatic rings. The molecule has 2 aliphatic heterocycles. The predicted molar refractivity (Wildman–Crippen MR) is 105 cm³/mol. The highest BCUT2D eigenvalue weighted by Crippen LogP contribution is 2.30. The molecule has 0 spiro atoms. The maximum absolute atomic E-state index is 13.0. The van der Waals surface area contributed by atoms with Crippen LogP contribution >= 0.6 is 11.8 Å². The summed E-state index contributed by atoms with van der Waals surface area (Å²) >= 11 is 1.72. The zero-order valence-electron chi connectivity index (χ0n) is 15.4. The van der Waals surface area contributed by atoms with Crippen molar-refractivity contribution in [1.29, 1.82) is 0 Å². The van der Waals surface area contributed by atoms with E-state index in [1.807, 2.05) is 9.80 Å². The molecule has 2 saturated heterocycles. The number of carbonyl (C=O) groups is 2. The number of hydrogen-bond donors (Lipinski definition) is 0. The summed E-state index contributed by atoms with van der Waals surface area (Å²) in [6.45, 7) is 1.73. The van der Waals surface area contributed by atoms with E-state index in [-0.39, 0.29) is 17.9 Å². The number of fused-ring (bicyclic) bond motifs is 1. The van der Waals surface area contributed by atoms with Gasteiger partial charge in [0.25, 0.3) is 0 Å². The Kier molecular flexibility index (Phi) is 5.53. The lowest BCUT2D eigenvalue weighted by atomic mass is 9.93. The minimum absolute atomic E-state index is 0.173. The first-order valence-electron chi connectivity index (χ1n) is 9.95. The van der Waals surface area contributed by atoms with E-state index >= 15 is 0 Å². The molecule has 1 aromatic rings. The van der Waals surface area contributed by atoms with E-state index in [9.17, 15) is 9.59 Å². The normalized spacial score (nSPS) is 25.8. The molecule has 1 aromatic carbocycles. The van der Waals surface area contributed by atoms with E-state index in [4.69, 9.17) is 0 Å². The molecule has 0 N–H and O–H groups in total. The highest BCUT2D eigenvalue weighted by atomic mass is 32.2. The van der Waals surface area contributed by atoms with Gasteiger partial charge in [-0.15, -0.1) is 11.8 Å². The Labute approximate surface area is 160 Å². The molecule has 2 fully saturated rings. The van der Waals surface area contributed by atoms with E-state index in [1.54, 1.807) is 11.8 Å². The first-order chi connectivity index (χ1) is 12.7. The first-order valence-corrected chi connectivity index (χ1v) is 11.1. The van der Waals surface area contributed by atoms with Crippen molar-refractivity contribution in [1.82, 2.24) is 9.80 Å². The van der Waals surface area contributed by atoms with Crippen molar-refractivity contribution >= 4 is 23.6 Å². The van der Waals surface area contributed by atoms with Gasteiger partial charge in [-0.05, 0) is 55.6 Å². The summed E-state index contributed by atoms with van der Waals surface area (Å²) in [5.41, 5.74) is 2.85. The molecule has 0 bridgehead atoms. The second kappa shape index (κ2) is 8.03. The summed E-state index contributed by atoms with van der Waals surface area (Å²) in [5, 5.41) is 0. The largest absolute Gasteiger partial charge is 0.341 e. The summed E-state index contributed by atoms with van der Waals surface area (Å²) in [6, 6.07) is 8.42. The molecule has 2 heterocycles. The third kappa shape index (κ3) is 3.78. The number of hydrogen-bond acceptors (Lipinski definition) is 3. The lowest BCUT2D eigenvalue weighted by molar-refractivity contribution is -0.143. The van der Waals surface area contributed by atoms with Crippen molar-refractivity contribution in [2.24, 2.45) is 5.92 Å². The molecule has 0 aromatic heterocycles. The van der Waals surface area contributed by atoms with Crippen molar-refractivity contribution < 1.29 is 9.59 Å². The monoisotopic (exact) mass is 372 g/mol. The Hall–Kier alpha value is -1.49. The fourth-order valence-corrected chi connectivity index (χ4v) is 5.75. The van der Waals surface area contributed by atoms with Gasteiger partial charge in [0.2, 0.25) is 11.8 Å². The summed E-state index contributed by atoms with van der Waals surface area (Å²) in [5.74, 6) is 2.18. The summed E-state index contributed by atoms with van der Waals surface area (Å²) in [6.07, 6.45) is 7.15. The fraction of sp³-hybridized carbons (Fsp3) is 0.619. The van der Waals surface area contributed by atoms with Gasteiger partial charge in [0, 0.05) is 25.3 Å². The zero-order chi connectivity index (χ0) is 17.9. The van der Waals surface area contributed by atoms with Gasteiger partial charge in [0.1, 0.15) is 6.04 Å². The maximum atomic E-state index is 13.0. The van der Waals surface area contributed by atoms with Crippen molar-refractivity contribution in [2.45, 2.75) is 51.0 Å². The van der Waals surface area contributed by atoms with Gasteiger partial charge in [-0.2, -0.15) is 0 Å². The SMILES string of the molecule is O=C([C@@H]1CSCN1C(=O)CC1CCCc2ccccc2C1)N1CCCC1. The number of rotatable bonds is 3. The second-order valence-corrected chi connectivity index (χ2v) is 8.85. The number of thioether (sulfide) groups is 1. The Balaban J connectivity index is 1.40. The van der Waals surface area contributed by atoms with Crippen LogP contribution in [-0.4, -0.2) is 52.4 Å². The molecular weight excluding hydrogens is 344 g/mol. The Morgan fingerprint density at radius 3 is 2.65 bits per heavy atom. The van der Waals surface area contributed by atoms with Gasteiger partial charge in [-0.3, -0.25) is 9.59 Å². The minimum atomic E-state index is -0.233. The van der Waals surface area contributed by atoms with Gasteiger partial charge >= 0.3 is 0 Å². The van der Waals surface area contributed by atoms with Gasteiger partial charge in [0.15, 0.2) is 0 Å². The van der Waals surface area contributed by atoms with Gasteiger partial charge < -0.3 is 9.80 Å². The highest BCUT2D eigenvalue weighted by Gasteiger charge is 2.38. The van der Waals surface area contributed by atoms with E-state index in [0.717, 1.165) is 57.4 Å². The molecule has 1 unspecified atom stereocenters. The molecule has 5 heteroatoms. The lowest BCUT2D eigenvalue weighted by Gasteiger charge is -2.28. The van der Waals surface area contributed by atoms with Crippen molar-refractivity contribution in [3.63, 3.8) is 0 Å². The Bertz CT molecular complexity index is 672. The van der Waals surface area contributed by atoms with Crippen molar-refractivity contribution in [3.05, 3.63) is 35.4 Å². The quantitative estimate of drug-likeness (QED) is 0.766. The zero-order valence-corrected chi connectivity index (χ0v) is 16.2. The van der Waals surface area contributed by atoms with Crippen LogP contribution in [-0.2, 0) is 22.4 Å². The van der Waals surface area contributed by atoms with Gasteiger partial charge in [-0.25, -0.2) is 0 Å². The van der Waals surface area contributed by atoms with E-state index in [1.165, 1.54) is 11.1 Å². The molecule has 140 valence electrons. The Morgan fingerprint density at radius 2 is 1.85 bits per heavy atom. The average Bonchev–Trinajstić information content (AvgIpc) is 3.30. The second-order valence-electron chi connectivity index (χ2n) is 7.85. The molecule has 1 aliphatic carbocycles. The number of likely N-dealkylation sites (tertiary alicyclic amines) is 1. The molecule has 2 atom stereocenters. The summed E-state index contributed by atoms with van der Waals surface area (Å²) in [7, 11) is 0. The molecule has 4 nitrogen and oxygen atoms in total.